The molecule has 94 valence electrons. The van der Waals surface area contributed by atoms with E-state index in [1.165, 1.54) is 24.1 Å². The van der Waals surface area contributed by atoms with Crippen LogP contribution in [0.25, 0.3) is 0 Å². The van der Waals surface area contributed by atoms with Crippen molar-refractivity contribution in [3.63, 3.8) is 0 Å². The van der Waals surface area contributed by atoms with Gasteiger partial charge in [0.15, 0.2) is 0 Å². The quantitative estimate of drug-likeness (QED) is 0.763. The third-order valence-corrected chi connectivity index (χ3v) is 4.04. The maximum Gasteiger partial charge on any atom is 0.0336 e. The van der Waals surface area contributed by atoms with E-state index in [0.29, 0.717) is 6.04 Å². The molecular weight excluding hydrogens is 208 g/mol. The molecule has 2 aliphatic rings. The molecule has 0 aromatic heterocycles. The number of allylic oxidation sites excluding steroid dienone is 4. The fourth-order valence-corrected chi connectivity index (χ4v) is 2.73. The molecule has 0 saturated heterocycles. The maximum atomic E-state index is 6.21. The van der Waals surface area contributed by atoms with Gasteiger partial charge in [-0.15, -0.1) is 0 Å². The molecule has 1 aliphatic heterocycles. The lowest BCUT2D eigenvalue weighted by Gasteiger charge is -2.31. The first-order chi connectivity index (χ1) is 8.16. The van der Waals surface area contributed by atoms with E-state index in [1.807, 2.05) is 0 Å². The Morgan fingerprint density at radius 2 is 2.35 bits per heavy atom. The Hall–Kier alpha value is -1.02. The summed E-state index contributed by atoms with van der Waals surface area (Å²) < 4.78 is 0. The minimum absolute atomic E-state index is 0.179. The fourth-order valence-electron chi connectivity index (χ4n) is 2.73. The van der Waals surface area contributed by atoms with Crippen molar-refractivity contribution in [3.8, 4) is 0 Å². The van der Waals surface area contributed by atoms with E-state index in [-0.39, 0.29) is 5.41 Å². The number of rotatable bonds is 5. The van der Waals surface area contributed by atoms with Gasteiger partial charge < -0.3 is 11.1 Å². The summed E-state index contributed by atoms with van der Waals surface area (Å²) in [6.45, 7) is 4.54. The van der Waals surface area contributed by atoms with Crippen LogP contribution >= 0.6 is 0 Å². The molecular formula is C15H24N2. The molecule has 0 bridgehead atoms. The Morgan fingerprint density at radius 3 is 3.12 bits per heavy atom. The predicted octanol–water partition coefficient (Wildman–Crippen LogP) is 3.23. The molecule has 0 spiro atoms. The van der Waals surface area contributed by atoms with Crippen LogP contribution in [0.15, 0.2) is 35.7 Å². The SMILES string of the molecule is CCCC[C@H](N)CC1=CNC2=CC=CC[C@@]12C. The molecule has 0 amide bonds. The molecule has 17 heavy (non-hydrogen) atoms. The van der Waals surface area contributed by atoms with Crippen LogP contribution in [0.1, 0.15) is 46.0 Å². The Bertz CT molecular complexity index is 365. The second-order valence-corrected chi connectivity index (χ2v) is 5.47. The lowest BCUT2D eigenvalue weighted by atomic mass is 9.74. The van der Waals surface area contributed by atoms with Crippen molar-refractivity contribution in [2.45, 2.75) is 52.0 Å². The van der Waals surface area contributed by atoms with Gasteiger partial charge >= 0.3 is 0 Å². The van der Waals surface area contributed by atoms with Gasteiger partial charge in [0.25, 0.3) is 0 Å². The second kappa shape index (κ2) is 5.09. The normalized spacial score (nSPS) is 28.2. The van der Waals surface area contributed by atoms with E-state index < -0.39 is 0 Å². The summed E-state index contributed by atoms with van der Waals surface area (Å²) in [5.74, 6) is 0. The first kappa shape index (κ1) is 12.4. The third kappa shape index (κ3) is 2.47. The average molecular weight is 232 g/mol. The van der Waals surface area contributed by atoms with Gasteiger partial charge in [-0.2, -0.15) is 0 Å². The van der Waals surface area contributed by atoms with Gasteiger partial charge in [-0.1, -0.05) is 31.9 Å². The van der Waals surface area contributed by atoms with Crippen LogP contribution in [-0.4, -0.2) is 6.04 Å². The van der Waals surface area contributed by atoms with Crippen molar-refractivity contribution in [3.05, 3.63) is 35.7 Å². The number of hydrogen-bond acceptors (Lipinski definition) is 2. The molecule has 2 rings (SSSR count). The number of nitrogens with one attached hydrogen (secondary N) is 1. The topological polar surface area (TPSA) is 38.0 Å². The number of nitrogens with two attached hydrogens (primary N) is 1. The standard InChI is InChI=1S/C15H24N2/c1-3-4-7-13(16)10-12-11-17-14-8-5-6-9-15(12,14)2/h5-6,8,11,13,17H,3-4,7,9-10,16H2,1-2H3/t13-,15-/m0/s1. The molecule has 2 nitrogen and oxygen atoms in total. The van der Waals surface area contributed by atoms with E-state index in [4.69, 9.17) is 5.73 Å². The van der Waals surface area contributed by atoms with Gasteiger partial charge in [-0.05, 0) is 37.8 Å². The average Bonchev–Trinajstić information content (AvgIpc) is 2.64. The fraction of sp³-hybridized carbons (Fsp3) is 0.600. The van der Waals surface area contributed by atoms with Gasteiger partial charge in [0.1, 0.15) is 0 Å². The molecule has 0 unspecified atom stereocenters. The maximum absolute atomic E-state index is 6.21. The van der Waals surface area contributed by atoms with Crippen molar-refractivity contribution in [2.24, 2.45) is 11.1 Å². The number of hydrogen-bond donors (Lipinski definition) is 2. The number of unbranched alkanes of at least 4 members (excludes halogenated alkanes) is 1. The van der Waals surface area contributed by atoms with Gasteiger partial charge in [0.05, 0.1) is 0 Å². The molecule has 2 atom stereocenters. The molecule has 0 aromatic rings. The molecule has 1 heterocycles. The van der Waals surface area contributed by atoms with Crippen LogP contribution in [0.4, 0.5) is 0 Å². The minimum atomic E-state index is 0.179. The zero-order chi connectivity index (χ0) is 12.3. The van der Waals surface area contributed by atoms with Crippen molar-refractivity contribution < 1.29 is 0 Å². The molecule has 2 heteroatoms. The summed E-state index contributed by atoms with van der Waals surface area (Å²) in [4.78, 5) is 0. The predicted molar refractivity (Wildman–Crippen MR) is 73.3 cm³/mol. The molecule has 0 aromatic carbocycles. The van der Waals surface area contributed by atoms with Gasteiger partial charge in [-0.25, -0.2) is 0 Å². The summed E-state index contributed by atoms with van der Waals surface area (Å²) in [6, 6.07) is 0.310. The van der Waals surface area contributed by atoms with E-state index in [0.717, 1.165) is 19.3 Å². The first-order valence-electron chi connectivity index (χ1n) is 6.75. The molecule has 0 saturated carbocycles. The van der Waals surface area contributed by atoms with E-state index in [9.17, 15) is 0 Å². The summed E-state index contributed by atoms with van der Waals surface area (Å²) in [6.07, 6.45) is 14.5. The van der Waals surface area contributed by atoms with Crippen molar-refractivity contribution in [1.82, 2.24) is 5.32 Å². The van der Waals surface area contributed by atoms with Crippen LogP contribution < -0.4 is 11.1 Å². The van der Waals surface area contributed by atoms with E-state index >= 15 is 0 Å². The highest BCUT2D eigenvalue weighted by atomic mass is 14.9. The molecule has 0 radical (unpaired) electrons. The van der Waals surface area contributed by atoms with Crippen molar-refractivity contribution in [2.75, 3.05) is 0 Å². The highest BCUT2D eigenvalue weighted by Crippen LogP contribution is 2.45. The summed E-state index contributed by atoms with van der Waals surface area (Å²) >= 11 is 0. The lowest BCUT2D eigenvalue weighted by Crippen LogP contribution is -2.27. The monoisotopic (exact) mass is 232 g/mol. The van der Waals surface area contributed by atoms with Crippen LogP contribution in [0.5, 0.6) is 0 Å². The zero-order valence-corrected chi connectivity index (χ0v) is 11.0. The van der Waals surface area contributed by atoms with E-state index in [2.05, 4.69) is 43.6 Å². The smallest absolute Gasteiger partial charge is 0.0336 e. The van der Waals surface area contributed by atoms with Crippen LogP contribution in [0, 0.1) is 5.41 Å². The largest absolute Gasteiger partial charge is 0.364 e. The van der Waals surface area contributed by atoms with Crippen molar-refractivity contribution in [1.29, 1.82) is 0 Å². The zero-order valence-electron chi connectivity index (χ0n) is 11.0. The lowest BCUT2D eigenvalue weighted by molar-refractivity contribution is 0.446. The summed E-state index contributed by atoms with van der Waals surface area (Å²) in [5, 5.41) is 3.40. The molecule has 1 aliphatic carbocycles. The van der Waals surface area contributed by atoms with Crippen LogP contribution in [-0.2, 0) is 0 Å². The Balaban J connectivity index is 1.99. The highest BCUT2D eigenvalue weighted by Gasteiger charge is 2.37. The van der Waals surface area contributed by atoms with Gasteiger partial charge in [0, 0.05) is 23.4 Å². The second-order valence-electron chi connectivity index (χ2n) is 5.47. The molecule has 3 N–H and O–H groups in total. The van der Waals surface area contributed by atoms with Gasteiger partial charge in [-0.3, -0.25) is 0 Å². The van der Waals surface area contributed by atoms with Gasteiger partial charge in [0.2, 0.25) is 0 Å². The van der Waals surface area contributed by atoms with E-state index in [1.54, 1.807) is 0 Å². The summed E-state index contributed by atoms with van der Waals surface area (Å²) in [5.41, 5.74) is 9.19. The van der Waals surface area contributed by atoms with Crippen LogP contribution in [0.3, 0.4) is 0 Å². The van der Waals surface area contributed by atoms with Crippen molar-refractivity contribution >= 4 is 0 Å². The summed E-state index contributed by atoms with van der Waals surface area (Å²) in [7, 11) is 0. The minimum Gasteiger partial charge on any atom is -0.364 e. The Morgan fingerprint density at radius 1 is 1.53 bits per heavy atom. The van der Waals surface area contributed by atoms with Crippen LogP contribution in [0.2, 0.25) is 0 Å². The third-order valence-electron chi connectivity index (χ3n) is 4.04. The Kier molecular flexibility index (Phi) is 3.72. The first-order valence-corrected chi connectivity index (χ1v) is 6.75. The Labute approximate surface area is 105 Å². The highest BCUT2D eigenvalue weighted by molar-refractivity contribution is 5.40. The number of fused-ring (bicyclic) bond motifs is 1. The molecule has 0 fully saturated rings.